The van der Waals surface area contributed by atoms with Crippen LogP contribution in [0.5, 0.6) is 5.75 Å². The van der Waals surface area contributed by atoms with Crippen molar-refractivity contribution in [1.29, 1.82) is 0 Å². The third-order valence-corrected chi connectivity index (χ3v) is 3.41. The molecule has 118 valence electrons. The van der Waals surface area contributed by atoms with E-state index >= 15 is 0 Å². The molecule has 0 aliphatic rings. The summed E-state index contributed by atoms with van der Waals surface area (Å²) in [6.45, 7) is 2.40. The van der Waals surface area contributed by atoms with Gasteiger partial charge in [-0.3, -0.25) is 9.48 Å². The molecule has 0 saturated heterocycles. The standard InChI is InChI=1S/C15H17F2N3O2/c1-8-7-11(22-15(16)17)5-6-12(8)18-14(21)13-9(2)19-20(4)10(13)3/h5-7,15H,1-4H3,(H,18,21). The van der Waals surface area contributed by atoms with Crippen molar-refractivity contribution in [1.82, 2.24) is 9.78 Å². The predicted octanol–water partition coefficient (Wildman–Crippen LogP) is 3.20. The Balaban J connectivity index is 2.22. The minimum atomic E-state index is -2.87. The zero-order valence-corrected chi connectivity index (χ0v) is 12.8. The number of nitrogens with zero attached hydrogens (tertiary/aromatic N) is 2. The summed E-state index contributed by atoms with van der Waals surface area (Å²) < 4.78 is 30.3. The van der Waals surface area contributed by atoms with Gasteiger partial charge in [0.1, 0.15) is 5.75 Å². The highest BCUT2D eigenvalue weighted by atomic mass is 19.3. The second-order valence-electron chi connectivity index (χ2n) is 4.98. The maximum atomic E-state index is 12.4. The molecule has 1 aromatic heterocycles. The molecule has 2 rings (SSSR count). The second-order valence-corrected chi connectivity index (χ2v) is 4.98. The summed E-state index contributed by atoms with van der Waals surface area (Å²) in [6.07, 6.45) is 0. The van der Waals surface area contributed by atoms with Gasteiger partial charge < -0.3 is 10.1 Å². The van der Waals surface area contributed by atoms with Gasteiger partial charge in [-0.1, -0.05) is 0 Å². The van der Waals surface area contributed by atoms with Crippen LogP contribution in [0.2, 0.25) is 0 Å². The number of benzene rings is 1. The van der Waals surface area contributed by atoms with Gasteiger partial charge in [-0.2, -0.15) is 13.9 Å². The number of aromatic nitrogens is 2. The van der Waals surface area contributed by atoms with E-state index in [1.54, 1.807) is 32.5 Å². The first-order valence-corrected chi connectivity index (χ1v) is 6.66. The fourth-order valence-electron chi connectivity index (χ4n) is 2.24. The fourth-order valence-corrected chi connectivity index (χ4v) is 2.24. The van der Waals surface area contributed by atoms with Crippen LogP contribution in [-0.4, -0.2) is 22.3 Å². The molecule has 5 nitrogen and oxygen atoms in total. The maximum absolute atomic E-state index is 12.4. The number of alkyl halides is 2. The van der Waals surface area contributed by atoms with Crippen molar-refractivity contribution in [2.45, 2.75) is 27.4 Å². The van der Waals surface area contributed by atoms with Gasteiger partial charge >= 0.3 is 6.61 Å². The van der Waals surface area contributed by atoms with Crippen LogP contribution in [0, 0.1) is 20.8 Å². The molecule has 0 unspecified atom stereocenters. The molecule has 0 fully saturated rings. The number of aryl methyl sites for hydroxylation is 3. The van der Waals surface area contributed by atoms with Gasteiger partial charge in [-0.25, -0.2) is 0 Å². The summed E-state index contributed by atoms with van der Waals surface area (Å²) in [6, 6.07) is 4.37. The zero-order chi connectivity index (χ0) is 16.4. The number of halogens is 2. The topological polar surface area (TPSA) is 56.1 Å². The lowest BCUT2D eigenvalue weighted by molar-refractivity contribution is -0.0498. The smallest absolute Gasteiger partial charge is 0.387 e. The molecule has 0 atom stereocenters. The second kappa shape index (κ2) is 6.13. The van der Waals surface area contributed by atoms with Gasteiger partial charge in [0.25, 0.3) is 5.91 Å². The molecule has 0 bridgehead atoms. The summed E-state index contributed by atoms with van der Waals surface area (Å²) in [4.78, 5) is 12.4. The van der Waals surface area contributed by atoms with E-state index in [9.17, 15) is 13.6 Å². The largest absolute Gasteiger partial charge is 0.435 e. The maximum Gasteiger partial charge on any atom is 0.387 e. The number of hydrogen-bond donors (Lipinski definition) is 1. The van der Waals surface area contributed by atoms with Crippen LogP contribution in [-0.2, 0) is 7.05 Å². The number of hydrogen-bond acceptors (Lipinski definition) is 3. The molecule has 0 saturated carbocycles. The Hall–Kier alpha value is -2.44. The Morgan fingerprint density at radius 1 is 1.32 bits per heavy atom. The summed E-state index contributed by atoms with van der Waals surface area (Å²) in [7, 11) is 1.76. The van der Waals surface area contributed by atoms with Gasteiger partial charge in [-0.05, 0) is 44.5 Å². The number of carbonyl (C=O) groups is 1. The molecular formula is C15H17F2N3O2. The molecule has 2 aromatic rings. The number of ether oxygens (including phenoxy) is 1. The Morgan fingerprint density at radius 3 is 2.50 bits per heavy atom. The minimum Gasteiger partial charge on any atom is -0.435 e. The monoisotopic (exact) mass is 309 g/mol. The lowest BCUT2D eigenvalue weighted by atomic mass is 10.1. The van der Waals surface area contributed by atoms with Crippen molar-refractivity contribution in [2.24, 2.45) is 7.05 Å². The normalized spacial score (nSPS) is 10.9. The third kappa shape index (κ3) is 3.24. The first kappa shape index (κ1) is 15.9. The van der Waals surface area contributed by atoms with Crippen molar-refractivity contribution in [2.75, 3.05) is 5.32 Å². The van der Waals surface area contributed by atoms with Gasteiger partial charge in [0, 0.05) is 18.4 Å². The first-order valence-electron chi connectivity index (χ1n) is 6.66. The van der Waals surface area contributed by atoms with Crippen LogP contribution in [0.4, 0.5) is 14.5 Å². The van der Waals surface area contributed by atoms with Crippen molar-refractivity contribution in [3.63, 3.8) is 0 Å². The van der Waals surface area contributed by atoms with Crippen LogP contribution in [0.25, 0.3) is 0 Å². The van der Waals surface area contributed by atoms with Crippen molar-refractivity contribution < 1.29 is 18.3 Å². The average Bonchev–Trinajstić information content (AvgIpc) is 2.66. The van der Waals surface area contributed by atoms with E-state index < -0.39 is 6.61 Å². The van der Waals surface area contributed by atoms with Crippen molar-refractivity contribution in [3.8, 4) is 5.75 Å². The van der Waals surface area contributed by atoms with E-state index in [1.165, 1.54) is 18.2 Å². The number of carbonyl (C=O) groups excluding carboxylic acids is 1. The predicted molar refractivity (Wildman–Crippen MR) is 78.4 cm³/mol. The molecule has 1 amide bonds. The molecule has 0 radical (unpaired) electrons. The molecule has 22 heavy (non-hydrogen) atoms. The van der Waals surface area contributed by atoms with Crippen molar-refractivity contribution >= 4 is 11.6 Å². The highest BCUT2D eigenvalue weighted by Crippen LogP contribution is 2.24. The lowest BCUT2D eigenvalue weighted by Gasteiger charge is -2.11. The highest BCUT2D eigenvalue weighted by Gasteiger charge is 2.18. The molecule has 1 N–H and O–H groups in total. The van der Waals surface area contributed by atoms with Crippen LogP contribution >= 0.6 is 0 Å². The molecular weight excluding hydrogens is 292 g/mol. The van der Waals surface area contributed by atoms with Crippen LogP contribution in [0.1, 0.15) is 27.3 Å². The highest BCUT2D eigenvalue weighted by molar-refractivity contribution is 6.06. The Kier molecular flexibility index (Phi) is 4.44. The molecule has 7 heteroatoms. The molecule has 0 aliphatic carbocycles. The number of nitrogens with one attached hydrogen (secondary N) is 1. The quantitative estimate of drug-likeness (QED) is 0.943. The van der Waals surface area contributed by atoms with Crippen molar-refractivity contribution in [3.05, 3.63) is 40.7 Å². The average molecular weight is 309 g/mol. The Bertz CT molecular complexity index is 711. The summed E-state index contributed by atoms with van der Waals surface area (Å²) >= 11 is 0. The fraction of sp³-hybridized carbons (Fsp3) is 0.333. The lowest BCUT2D eigenvalue weighted by Crippen LogP contribution is -2.15. The number of amides is 1. The number of rotatable bonds is 4. The summed E-state index contributed by atoms with van der Waals surface area (Å²) in [5, 5.41) is 6.96. The molecule has 1 aromatic carbocycles. The van der Waals surface area contributed by atoms with Crippen LogP contribution < -0.4 is 10.1 Å². The SMILES string of the molecule is Cc1cc(OC(F)F)ccc1NC(=O)c1c(C)nn(C)c1C. The van der Waals surface area contributed by atoms with Crippen LogP contribution in [0.3, 0.4) is 0 Å². The van der Waals surface area contributed by atoms with E-state index in [2.05, 4.69) is 15.2 Å². The Morgan fingerprint density at radius 2 is 2.00 bits per heavy atom. The van der Waals surface area contributed by atoms with Gasteiger partial charge in [0.2, 0.25) is 0 Å². The van der Waals surface area contributed by atoms with Gasteiger partial charge in [-0.15, -0.1) is 0 Å². The van der Waals surface area contributed by atoms with Crippen LogP contribution in [0.15, 0.2) is 18.2 Å². The van der Waals surface area contributed by atoms with E-state index in [0.717, 1.165) is 5.69 Å². The van der Waals surface area contributed by atoms with E-state index in [-0.39, 0.29) is 11.7 Å². The Labute approximate surface area is 126 Å². The number of anilines is 1. The van der Waals surface area contributed by atoms with Gasteiger partial charge in [0.05, 0.1) is 11.3 Å². The van der Waals surface area contributed by atoms with E-state index in [0.29, 0.717) is 22.5 Å². The summed E-state index contributed by atoms with van der Waals surface area (Å²) in [5.41, 5.74) is 3.06. The minimum absolute atomic E-state index is 0.0548. The van der Waals surface area contributed by atoms with E-state index in [1.807, 2.05) is 0 Å². The molecule has 0 aliphatic heterocycles. The molecule has 0 spiro atoms. The third-order valence-electron chi connectivity index (χ3n) is 3.41. The molecule has 1 heterocycles. The van der Waals surface area contributed by atoms with Gasteiger partial charge in [0.15, 0.2) is 0 Å². The summed E-state index contributed by atoms with van der Waals surface area (Å²) in [5.74, 6) is -0.229. The van der Waals surface area contributed by atoms with E-state index in [4.69, 9.17) is 0 Å². The first-order chi connectivity index (χ1) is 10.3. The zero-order valence-electron chi connectivity index (χ0n) is 12.8.